The highest BCUT2D eigenvalue weighted by molar-refractivity contribution is 7.99. The number of morpholine rings is 1. The quantitative estimate of drug-likeness (QED) is 0.420. The Hall–Kier alpha value is -2.89. The summed E-state index contributed by atoms with van der Waals surface area (Å²) in [6, 6.07) is 9.69. The number of aliphatic carboxylic acids is 1. The summed E-state index contributed by atoms with van der Waals surface area (Å²) in [4.78, 5) is 41.4. The second kappa shape index (κ2) is 10.9. The summed E-state index contributed by atoms with van der Waals surface area (Å²) in [5, 5.41) is 13.4. The van der Waals surface area contributed by atoms with Crippen molar-refractivity contribution in [3.63, 3.8) is 0 Å². The fourth-order valence-corrected chi connectivity index (χ4v) is 3.86. The number of carboxylic acids is 1. The van der Waals surface area contributed by atoms with E-state index in [-0.39, 0.29) is 16.9 Å². The molecule has 0 radical (unpaired) electrons. The van der Waals surface area contributed by atoms with Crippen molar-refractivity contribution in [1.82, 2.24) is 19.1 Å². The number of benzene rings is 1. The lowest BCUT2D eigenvalue weighted by atomic mass is 10.1. The monoisotopic (exact) mass is 447 g/mol. The predicted molar refractivity (Wildman–Crippen MR) is 114 cm³/mol. The van der Waals surface area contributed by atoms with Gasteiger partial charge in [0.25, 0.3) is 5.56 Å². The van der Waals surface area contributed by atoms with Crippen LogP contribution in [0.5, 0.6) is 0 Å². The SMILES string of the molecule is C1COCC[NH2+]1.Cn1c(=O)[nH]c(=O)c2c1nc(SCC(=O)[O-])n2CCc1ccccc1. The van der Waals surface area contributed by atoms with E-state index in [4.69, 9.17) is 4.74 Å². The zero-order chi connectivity index (χ0) is 22.2. The van der Waals surface area contributed by atoms with Gasteiger partial charge in [0.15, 0.2) is 16.3 Å². The minimum atomic E-state index is -1.23. The van der Waals surface area contributed by atoms with Crippen molar-refractivity contribution >= 4 is 28.9 Å². The lowest BCUT2D eigenvalue weighted by molar-refractivity contribution is -0.670. The third-order valence-electron chi connectivity index (χ3n) is 4.69. The number of nitrogens with one attached hydrogen (secondary N) is 1. The number of H-pyrrole nitrogens is 1. The Bertz CT molecular complexity index is 1120. The molecule has 1 aliphatic heterocycles. The van der Waals surface area contributed by atoms with Crippen LogP contribution in [0.4, 0.5) is 0 Å². The smallest absolute Gasteiger partial charge is 0.329 e. The van der Waals surface area contributed by atoms with E-state index in [1.807, 2.05) is 30.3 Å². The first kappa shape index (κ1) is 22.8. The normalized spacial score (nSPS) is 13.6. The Morgan fingerprint density at radius 1 is 1.26 bits per heavy atom. The minimum absolute atomic E-state index is 0.225. The first-order valence-corrected chi connectivity index (χ1v) is 10.9. The van der Waals surface area contributed by atoms with E-state index < -0.39 is 17.2 Å². The number of aryl methyl sites for hydroxylation is 3. The fraction of sp³-hybridized carbons (Fsp3) is 0.400. The van der Waals surface area contributed by atoms with Crippen LogP contribution in [-0.2, 0) is 29.5 Å². The summed E-state index contributed by atoms with van der Waals surface area (Å²) in [5.74, 6) is -1.52. The summed E-state index contributed by atoms with van der Waals surface area (Å²) in [5.41, 5.74) is 0.434. The predicted octanol–water partition coefficient (Wildman–Crippen LogP) is -1.91. The highest BCUT2D eigenvalue weighted by atomic mass is 32.2. The average molecular weight is 448 g/mol. The molecule has 3 N–H and O–H groups in total. The van der Waals surface area contributed by atoms with Gasteiger partial charge in [-0.1, -0.05) is 42.1 Å². The minimum Gasteiger partial charge on any atom is -0.549 e. The number of quaternary nitrogens is 1. The molecule has 0 amide bonds. The van der Waals surface area contributed by atoms with E-state index in [2.05, 4.69) is 15.3 Å². The van der Waals surface area contributed by atoms with Crippen LogP contribution in [0.3, 0.4) is 0 Å². The van der Waals surface area contributed by atoms with Crippen molar-refractivity contribution < 1.29 is 20.0 Å². The topological polar surface area (TPSA) is 139 Å². The standard InChI is InChI=1S/C16H16N4O4S.C4H9NO/c1-19-13-12(14(23)18-15(19)24)20(16(17-13)25-9-11(21)22)8-7-10-5-3-2-4-6-10;1-3-6-4-2-5-1/h2-6H,7-9H2,1H3,(H,21,22)(H,18,23,24);5H,1-4H2. The first-order chi connectivity index (χ1) is 15.0. The number of aromatic amines is 1. The molecule has 2 aromatic heterocycles. The lowest BCUT2D eigenvalue weighted by Crippen LogP contribution is -2.87. The summed E-state index contributed by atoms with van der Waals surface area (Å²) in [6.07, 6.45) is 0.632. The number of imidazole rings is 1. The number of carbonyl (C=O) groups is 1. The van der Waals surface area contributed by atoms with E-state index >= 15 is 0 Å². The molecule has 1 aliphatic rings. The largest absolute Gasteiger partial charge is 0.549 e. The van der Waals surface area contributed by atoms with E-state index in [0.717, 1.165) is 43.6 Å². The van der Waals surface area contributed by atoms with Crippen molar-refractivity contribution in [3.05, 3.63) is 56.7 Å². The van der Waals surface area contributed by atoms with Crippen molar-refractivity contribution in [1.29, 1.82) is 0 Å². The maximum atomic E-state index is 12.3. The van der Waals surface area contributed by atoms with Crippen molar-refractivity contribution in [2.45, 2.75) is 18.1 Å². The number of rotatable bonds is 6. The number of ether oxygens (including phenoxy) is 1. The van der Waals surface area contributed by atoms with Gasteiger partial charge in [-0.2, -0.15) is 0 Å². The molecule has 10 nitrogen and oxygen atoms in total. The van der Waals surface area contributed by atoms with Gasteiger partial charge in [-0.25, -0.2) is 9.78 Å². The van der Waals surface area contributed by atoms with Gasteiger partial charge in [0.1, 0.15) is 0 Å². The first-order valence-electron chi connectivity index (χ1n) is 9.93. The molecule has 3 aromatic rings. The maximum absolute atomic E-state index is 12.3. The van der Waals surface area contributed by atoms with Crippen LogP contribution in [0, 0.1) is 0 Å². The van der Waals surface area contributed by atoms with Crippen LogP contribution in [0.15, 0.2) is 45.1 Å². The van der Waals surface area contributed by atoms with Crippen molar-refractivity contribution in [3.8, 4) is 0 Å². The van der Waals surface area contributed by atoms with Crippen LogP contribution in [0.2, 0.25) is 0 Å². The van der Waals surface area contributed by atoms with E-state index in [1.54, 1.807) is 4.57 Å². The van der Waals surface area contributed by atoms with Gasteiger partial charge >= 0.3 is 5.69 Å². The molecule has 31 heavy (non-hydrogen) atoms. The van der Waals surface area contributed by atoms with Crippen molar-refractivity contribution in [2.75, 3.05) is 32.1 Å². The third-order valence-corrected chi connectivity index (χ3v) is 5.64. The maximum Gasteiger partial charge on any atom is 0.329 e. The van der Waals surface area contributed by atoms with Gasteiger partial charge in [0.05, 0.1) is 32.3 Å². The molecule has 1 fully saturated rings. The zero-order valence-corrected chi connectivity index (χ0v) is 18.0. The van der Waals surface area contributed by atoms with Crippen LogP contribution in [0.25, 0.3) is 11.2 Å². The Morgan fingerprint density at radius 3 is 2.55 bits per heavy atom. The number of thioether (sulfide) groups is 1. The molecule has 0 unspecified atom stereocenters. The molecule has 166 valence electrons. The average Bonchev–Trinajstić information content (AvgIpc) is 3.16. The van der Waals surface area contributed by atoms with E-state index in [0.29, 0.717) is 18.1 Å². The number of carboxylic acid groups (broad SMARTS) is 1. The van der Waals surface area contributed by atoms with Gasteiger partial charge in [0, 0.05) is 19.3 Å². The number of hydrogen-bond donors (Lipinski definition) is 2. The molecule has 11 heteroatoms. The van der Waals surface area contributed by atoms with Gasteiger partial charge in [-0.05, 0) is 12.0 Å². The summed E-state index contributed by atoms with van der Waals surface area (Å²) in [6.45, 7) is 4.62. The fourth-order valence-electron chi connectivity index (χ4n) is 3.12. The molecule has 3 heterocycles. The van der Waals surface area contributed by atoms with Gasteiger partial charge in [-0.3, -0.25) is 14.3 Å². The third kappa shape index (κ3) is 6.06. The second-order valence-electron chi connectivity index (χ2n) is 6.91. The van der Waals surface area contributed by atoms with Crippen molar-refractivity contribution in [2.24, 2.45) is 7.05 Å². The summed E-state index contributed by atoms with van der Waals surface area (Å²) < 4.78 is 7.92. The second-order valence-corrected chi connectivity index (χ2v) is 7.85. The molecule has 1 saturated heterocycles. The zero-order valence-electron chi connectivity index (χ0n) is 17.2. The van der Waals surface area contributed by atoms with Gasteiger partial charge in [-0.15, -0.1) is 0 Å². The van der Waals surface area contributed by atoms with Crippen LogP contribution in [0.1, 0.15) is 5.56 Å². The van der Waals surface area contributed by atoms with Crippen LogP contribution < -0.4 is 21.7 Å². The highest BCUT2D eigenvalue weighted by Crippen LogP contribution is 2.21. The molecule has 0 atom stereocenters. The molecule has 1 aromatic carbocycles. The molecule has 0 saturated carbocycles. The number of hydrogen-bond acceptors (Lipinski definition) is 7. The molecule has 0 bridgehead atoms. The number of carbonyl (C=O) groups excluding carboxylic acids is 1. The molecular formula is C20H25N5O5S. The van der Waals surface area contributed by atoms with Gasteiger partial charge in [0.2, 0.25) is 0 Å². The van der Waals surface area contributed by atoms with E-state index in [9.17, 15) is 19.5 Å². The van der Waals surface area contributed by atoms with Crippen LogP contribution >= 0.6 is 11.8 Å². The Labute approximate surface area is 182 Å². The molecule has 0 aliphatic carbocycles. The van der Waals surface area contributed by atoms with E-state index in [1.165, 1.54) is 11.6 Å². The Morgan fingerprint density at radius 2 is 1.97 bits per heavy atom. The number of nitrogens with two attached hydrogens (primary N) is 1. The van der Waals surface area contributed by atoms with Gasteiger partial charge < -0.3 is 24.5 Å². The number of nitrogens with zero attached hydrogens (tertiary/aromatic N) is 3. The molecule has 4 rings (SSSR count). The number of fused-ring (bicyclic) bond motifs is 1. The summed E-state index contributed by atoms with van der Waals surface area (Å²) in [7, 11) is 1.50. The Balaban J connectivity index is 0.000000391. The molecular weight excluding hydrogens is 422 g/mol. The number of aromatic nitrogens is 4. The summed E-state index contributed by atoms with van der Waals surface area (Å²) >= 11 is 0.961. The molecule has 0 spiro atoms. The highest BCUT2D eigenvalue weighted by Gasteiger charge is 2.17. The lowest BCUT2D eigenvalue weighted by Gasteiger charge is -2.09. The Kier molecular flexibility index (Phi) is 8.04. The van der Waals surface area contributed by atoms with Crippen LogP contribution in [-0.4, -0.2) is 57.1 Å².